The average Bonchev–Trinajstić information content (AvgIpc) is 3.14. The van der Waals surface area contributed by atoms with Gasteiger partial charge < -0.3 is 0 Å². The van der Waals surface area contributed by atoms with E-state index in [4.69, 9.17) is 0 Å². The molecule has 24 heavy (non-hydrogen) atoms. The van der Waals surface area contributed by atoms with Crippen LogP contribution in [0.15, 0.2) is 36.7 Å². The van der Waals surface area contributed by atoms with Crippen molar-refractivity contribution in [3.8, 4) is 10.7 Å². The summed E-state index contributed by atoms with van der Waals surface area (Å²) in [5.41, 5.74) is 1.06. The molecule has 1 N–H and O–H groups in total. The van der Waals surface area contributed by atoms with Crippen molar-refractivity contribution in [2.75, 3.05) is 5.32 Å². The molecular formula is C15H11F2IN4OS. The quantitative estimate of drug-likeness (QED) is 0.581. The van der Waals surface area contributed by atoms with Gasteiger partial charge in [0.15, 0.2) is 11.0 Å². The Morgan fingerprint density at radius 3 is 2.83 bits per heavy atom. The molecule has 0 radical (unpaired) electrons. The Kier molecular flexibility index (Phi) is 4.90. The number of rotatable bonds is 4. The van der Waals surface area contributed by atoms with E-state index in [2.05, 4.69) is 37.9 Å². The van der Waals surface area contributed by atoms with Gasteiger partial charge in [-0.3, -0.25) is 14.7 Å². The van der Waals surface area contributed by atoms with Crippen molar-refractivity contribution in [1.82, 2.24) is 14.5 Å². The number of hydrogen-bond donors (Lipinski definition) is 1. The van der Waals surface area contributed by atoms with Crippen molar-refractivity contribution in [2.45, 2.75) is 13.5 Å². The summed E-state index contributed by atoms with van der Waals surface area (Å²) < 4.78 is 27.6. The zero-order valence-electron chi connectivity index (χ0n) is 12.3. The predicted molar refractivity (Wildman–Crippen MR) is 96.4 cm³/mol. The van der Waals surface area contributed by atoms with Crippen LogP contribution in [0.1, 0.15) is 22.6 Å². The summed E-state index contributed by atoms with van der Waals surface area (Å²) in [4.78, 5) is 21.0. The number of benzene rings is 1. The van der Waals surface area contributed by atoms with E-state index >= 15 is 0 Å². The molecule has 0 saturated heterocycles. The molecule has 0 aliphatic carbocycles. The van der Waals surface area contributed by atoms with Gasteiger partial charge in [0.05, 0.1) is 16.1 Å². The van der Waals surface area contributed by atoms with Crippen LogP contribution in [-0.2, 0) is 0 Å². The van der Waals surface area contributed by atoms with Gasteiger partial charge in [-0.2, -0.15) is 8.78 Å². The number of carbonyl (C=O) groups excluding carboxylic acids is 1. The molecule has 0 spiro atoms. The lowest BCUT2D eigenvalue weighted by Gasteiger charge is -2.04. The monoisotopic (exact) mass is 460 g/mol. The lowest BCUT2D eigenvalue weighted by Crippen LogP contribution is -2.13. The maximum absolute atomic E-state index is 13.0. The highest BCUT2D eigenvalue weighted by molar-refractivity contribution is 14.1. The molecule has 3 rings (SSSR count). The van der Waals surface area contributed by atoms with Crippen molar-refractivity contribution < 1.29 is 13.6 Å². The van der Waals surface area contributed by atoms with Gasteiger partial charge in [-0.05, 0) is 41.6 Å². The van der Waals surface area contributed by atoms with Gasteiger partial charge in [0.25, 0.3) is 5.91 Å². The van der Waals surface area contributed by atoms with Gasteiger partial charge in [-0.15, -0.1) is 0 Å². The summed E-state index contributed by atoms with van der Waals surface area (Å²) in [6.07, 6.45) is 2.52. The Hall–Kier alpha value is -1.88. The first-order chi connectivity index (χ1) is 11.5. The summed E-state index contributed by atoms with van der Waals surface area (Å²) in [6.45, 7) is -0.994. The van der Waals surface area contributed by atoms with Crippen molar-refractivity contribution in [3.05, 3.63) is 51.5 Å². The van der Waals surface area contributed by atoms with E-state index in [1.807, 2.05) is 12.1 Å². The van der Waals surface area contributed by atoms with Crippen molar-refractivity contribution in [2.24, 2.45) is 0 Å². The van der Waals surface area contributed by atoms with E-state index < -0.39 is 6.55 Å². The SMILES string of the molecule is Cc1nc(NC(=O)c2ccccc2I)sc1-c1nccn1C(F)F. The van der Waals surface area contributed by atoms with Crippen LogP contribution in [-0.4, -0.2) is 20.4 Å². The number of imidazole rings is 1. The van der Waals surface area contributed by atoms with E-state index in [1.54, 1.807) is 19.1 Å². The van der Waals surface area contributed by atoms with Gasteiger partial charge in [-0.1, -0.05) is 23.5 Å². The lowest BCUT2D eigenvalue weighted by atomic mass is 10.2. The molecule has 0 bridgehead atoms. The molecule has 2 heterocycles. The fraction of sp³-hybridized carbons (Fsp3) is 0.133. The van der Waals surface area contributed by atoms with E-state index in [1.165, 1.54) is 12.4 Å². The topological polar surface area (TPSA) is 59.8 Å². The molecule has 0 saturated carbocycles. The van der Waals surface area contributed by atoms with Crippen LogP contribution in [0.2, 0.25) is 0 Å². The van der Waals surface area contributed by atoms with Gasteiger partial charge in [-0.25, -0.2) is 9.97 Å². The Morgan fingerprint density at radius 1 is 1.38 bits per heavy atom. The number of aromatic nitrogens is 3. The van der Waals surface area contributed by atoms with Crippen LogP contribution in [0.3, 0.4) is 0 Å². The normalized spacial score (nSPS) is 11.0. The van der Waals surface area contributed by atoms with Crippen LogP contribution < -0.4 is 5.32 Å². The number of carbonyl (C=O) groups is 1. The second-order valence-electron chi connectivity index (χ2n) is 4.80. The van der Waals surface area contributed by atoms with Gasteiger partial charge >= 0.3 is 6.55 Å². The largest absolute Gasteiger partial charge is 0.320 e. The van der Waals surface area contributed by atoms with E-state index in [-0.39, 0.29) is 11.7 Å². The standard InChI is InChI=1S/C15H11F2IN4OS/c1-8-11(12-19-6-7-22(12)14(16)17)24-15(20-8)21-13(23)9-4-2-3-5-10(9)18/h2-7,14H,1H3,(H,20,21,23). The van der Waals surface area contributed by atoms with Crippen LogP contribution in [0, 0.1) is 10.5 Å². The molecule has 0 aliphatic heterocycles. The Bertz CT molecular complexity index is 893. The zero-order chi connectivity index (χ0) is 17.3. The minimum atomic E-state index is -2.69. The number of nitrogens with zero attached hydrogens (tertiary/aromatic N) is 3. The lowest BCUT2D eigenvalue weighted by molar-refractivity contribution is 0.0720. The number of thiazole rings is 1. The van der Waals surface area contributed by atoms with Crippen LogP contribution in [0.25, 0.3) is 10.7 Å². The smallest absolute Gasteiger partial charge is 0.298 e. The molecule has 0 unspecified atom stereocenters. The highest BCUT2D eigenvalue weighted by atomic mass is 127. The summed E-state index contributed by atoms with van der Waals surface area (Å²) in [7, 11) is 0. The first-order valence-electron chi connectivity index (χ1n) is 6.82. The van der Waals surface area contributed by atoms with E-state index in [0.29, 0.717) is 21.3 Å². The van der Waals surface area contributed by atoms with E-state index in [9.17, 15) is 13.6 Å². The molecule has 124 valence electrons. The predicted octanol–water partition coefficient (Wildman–Crippen LogP) is 4.57. The number of amides is 1. The molecule has 1 aromatic carbocycles. The third-order valence-electron chi connectivity index (χ3n) is 3.22. The molecule has 3 aromatic rings. The summed E-state index contributed by atoms with van der Waals surface area (Å²) in [6, 6.07) is 7.15. The highest BCUT2D eigenvalue weighted by Crippen LogP contribution is 2.33. The van der Waals surface area contributed by atoms with Gasteiger partial charge in [0, 0.05) is 16.0 Å². The van der Waals surface area contributed by atoms with Crippen molar-refractivity contribution in [1.29, 1.82) is 0 Å². The number of alkyl halides is 2. The Morgan fingerprint density at radius 2 is 2.12 bits per heavy atom. The van der Waals surface area contributed by atoms with Gasteiger partial charge in [0.1, 0.15) is 0 Å². The Balaban J connectivity index is 1.88. The molecule has 1 amide bonds. The molecule has 2 aromatic heterocycles. The number of anilines is 1. The third kappa shape index (κ3) is 3.31. The van der Waals surface area contributed by atoms with Gasteiger partial charge in [0.2, 0.25) is 0 Å². The number of nitrogens with one attached hydrogen (secondary N) is 1. The highest BCUT2D eigenvalue weighted by Gasteiger charge is 2.20. The average molecular weight is 460 g/mol. The molecule has 0 fully saturated rings. The molecule has 0 atom stereocenters. The third-order valence-corrected chi connectivity index (χ3v) is 5.23. The molecule has 9 heteroatoms. The number of halogens is 3. The van der Waals surface area contributed by atoms with Crippen LogP contribution in [0.5, 0.6) is 0 Å². The second-order valence-corrected chi connectivity index (χ2v) is 6.96. The fourth-order valence-corrected chi connectivity index (χ4v) is 3.71. The molecule has 0 aliphatic rings. The fourth-order valence-electron chi connectivity index (χ4n) is 2.11. The molecular weight excluding hydrogens is 449 g/mol. The Labute approximate surface area is 153 Å². The minimum Gasteiger partial charge on any atom is -0.298 e. The van der Waals surface area contributed by atoms with Crippen LogP contribution in [0.4, 0.5) is 13.9 Å². The maximum Gasteiger partial charge on any atom is 0.320 e. The summed E-state index contributed by atoms with van der Waals surface area (Å²) >= 11 is 3.19. The first kappa shape index (κ1) is 17.0. The second kappa shape index (κ2) is 6.93. The number of hydrogen-bond acceptors (Lipinski definition) is 4. The summed E-state index contributed by atoms with van der Waals surface area (Å²) in [5, 5.41) is 3.05. The summed E-state index contributed by atoms with van der Waals surface area (Å²) in [5.74, 6) is -0.160. The van der Waals surface area contributed by atoms with Crippen molar-refractivity contribution in [3.63, 3.8) is 0 Å². The maximum atomic E-state index is 13.0. The minimum absolute atomic E-state index is 0.134. The molecule has 5 nitrogen and oxygen atoms in total. The first-order valence-corrected chi connectivity index (χ1v) is 8.71. The zero-order valence-corrected chi connectivity index (χ0v) is 15.3. The van der Waals surface area contributed by atoms with Crippen LogP contribution >= 0.6 is 33.9 Å². The number of aryl methyl sites for hydroxylation is 1. The van der Waals surface area contributed by atoms with Crippen molar-refractivity contribution >= 4 is 45.0 Å². The van der Waals surface area contributed by atoms with E-state index in [0.717, 1.165) is 19.5 Å².